The standard InChI is InChI=1S/C23H35F3N2O2/c1-17-11-21(14-22(2,3)13-17)30-16-20(29)15-27-7-9-28(10-8-27)19-6-4-5-18(12-19)23(24,25)26/h4-6,12,17,20-21,29H,7-11,13-16H2,1-3H3/t17-,20+,21+/m1/s1. The number of hydrogen-bond acceptors (Lipinski definition) is 4. The van der Waals surface area contributed by atoms with Gasteiger partial charge in [-0.3, -0.25) is 4.90 Å². The zero-order valence-electron chi connectivity index (χ0n) is 18.3. The Hall–Kier alpha value is -1.31. The maximum Gasteiger partial charge on any atom is 0.416 e. The van der Waals surface area contributed by atoms with Gasteiger partial charge >= 0.3 is 6.18 Å². The van der Waals surface area contributed by atoms with E-state index in [1.54, 1.807) is 6.07 Å². The molecule has 1 saturated heterocycles. The van der Waals surface area contributed by atoms with Crippen LogP contribution in [0.1, 0.15) is 45.6 Å². The predicted molar refractivity (Wildman–Crippen MR) is 113 cm³/mol. The van der Waals surface area contributed by atoms with E-state index in [1.807, 2.05) is 4.90 Å². The van der Waals surface area contributed by atoms with Crippen molar-refractivity contribution in [2.75, 3.05) is 44.2 Å². The highest BCUT2D eigenvalue weighted by atomic mass is 19.4. The van der Waals surface area contributed by atoms with Gasteiger partial charge < -0.3 is 14.7 Å². The fourth-order valence-electron chi connectivity index (χ4n) is 5.05. The summed E-state index contributed by atoms with van der Waals surface area (Å²) in [5, 5.41) is 10.4. The van der Waals surface area contributed by atoms with E-state index in [0.29, 0.717) is 50.9 Å². The van der Waals surface area contributed by atoms with Crippen molar-refractivity contribution in [3.63, 3.8) is 0 Å². The number of alkyl halides is 3. The summed E-state index contributed by atoms with van der Waals surface area (Å²) in [4.78, 5) is 4.13. The Morgan fingerprint density at radius 1 is 1.17 bits per heavy atom. The van der Waals surface area contributed by atoms with Crippen molar-refractivity contribution in [3.05, 3.63) is 29.8 Å². The Bertz CT molecular complexity index is 687. The summed E-state index contributed by atoms with van der Waals surface area (Å²) < 4.78 is 44.9. The van der Waals surface area contributed by atoms with Crippen molar-refractivity contribution in [2.24, 2.45) is 11.3 Å². The molecule has 3 atom stereocenters. The molecule has 4 nitrogen and oxygen atoms in total. The quantitative estimate of drug-likeness (QED) is 0.728. The monoisotopic (exact) mass is 428 g/mol. The van der Waals surface area contributed by atoms with Gasteiger partial charge in [-0.25, -0.2) is 0 Å². The number of hydrogen-bond donors (Lipinski definition) is 1. The zero-order chi connectivity index (χ0) is 21.9. The maximum absolute atomic E-state index is 12.9. The Balaban J connectivity index is 1.42. The lowest BCUT2D eigenvalue weighted by atomic mass is 9.71. The summed E-state index contributed by atoms with van der Waals surface area (Å²) >= 11 is 0. The highest BCUT2D eigenvalue weighted by Crippen LogP contribution is 2.39. The highest BCUT2D eigenvalue weighted by molar-refractivity contribution is 5.49. The van der Waals surface area contributed by atoms with Gasteiger partial charge in [0, 0.05) is 38.4 Å². The van der Waals surface area contributed by atoms with Crippen LogP contribution in [-0.4, -0.2) is 61.5 Å². The molecule has 3 rings (SSSR count). The van der Waals surface area contributed by atoms with Gasteiger partial charge in [0.2, 0.25) is 0 Å². The molecule has 1 aliphatic heterocycles. The molecule has 0 spiro atoms. The Labute approximate surface area is 178 Å². The molecular formula is C23H35F3N2O2. The second-order valence-corrected chi connectivity index (χ2v) is 9.86. The summed E-state index contributed by atoms with van der Waals surface area (Å²) in [7, 11) is 0. The molecule has 30 heavy (non-hydrogen) atoms. The van der Waals surface area contributed by atoms with Crippen molar-refractivity contribution in [1.29, 1.82) is 0 Å². The zero-order valence-corrected chi connectivity index (χ0v) is 18.3. The molecule has 170 valence electrons. The first-order chi connectivity index (χ1) is 14.0. The van der Waals surface area contributed by atoms with Gasteiger partial charge in [0.25, 0.3) is 0 Å². The molecule has 1 saturated carbocycles. The van der Waals surface area contributed by atoms with Gasteiger partial charge in [0.05, 0.1) is 24.4 Å². The number of β-amino-alcohol motifs (C(OH)–C–C–N with tert-alkyl or cyclic N) is 1. The van der Waals surface area contributed by atoms with Gasteiger partial charge in [0.15, 0.2) is 0 Å². The van der Waals surface area contributed by atoms with Crippen molar-refractivity contribution >= 4 is 5.69 Å². The average molecular weight is 429 g/mol. The third kappa shape index (κ3) is 6.59. The number of aliphatic hydroxyl groups is 1. The number of benzene rings is 1. The SMILES string of the molecule is C[C@@H]1C[C@H](OC[C@@H](O)CN2CCN(c3cccc(C(F)(F)F)c3)CC2)CC(C)(C)C1. The van der Waals surface area contributed by atoms with Crippen LogP contribution in [0, 0.1) is 11.3 Å². The lowest BCUT2D eigenvalue weighted by Gasteiger charge is -2.39. The molecule has 1 aliphatic carbocycles. The van der Waals surface area contributed by atoms with Gasteiger partial charge in [0.1, 0.15) is 0 Å². The Kier molecular flexibility index (Phi) is 7.36. The lowest BCUT2D eigenvalue weighted by Crippen LogP contribution is -2.49. The minimum atomic E-state index is -4.33. The van der Waals surface area contributed by atoms with Crippen LogP contribution in [0.25, 0.3) is 0 Å². The molecule has 1 aromatic carbocycles. The molecule has 0 amide bonds. The summed E-state index contributed by atoms with van der Waals surface area (Å²) in [6.45, 7) is 10.4. The third-order valence-corrected chi connectivity index (χ3v) is 6.25. The minimum Gasteiger partial charge on any atom is -0.389 e. The van der Waals surface area contributed by atoms with E-state index in [1.165, 1.54) is 18.6 Å². The van der Waals surface area contributed by atoms with E-state index in [2.05, 4.69) is 25.7 Å². The topological polar surface area (TPSA) is 35.9 Å². The number of piperazine rings is 1. The van der Waals surface area contributed by atoms with Crippen LogP contribution in [-0.2, 0) is 10.9 Å². The van der Waals surface area contributed by atoms with Crippen LogP contribution >= 0.6 is 0 Å². The molecule has 0 radical (unpaired) electrons. The molecule has 0 aromatic heterocycles. The lowest BCUT2D eigenvalue weighted by molar-refractivity contribution is -0.137. The molecule has 0 bridgehead atoms. The van der Waals surface area contributed by atoms with Crippen molar-refractivity contribution < 1.29 is 23.0 Å². The summed E-state index contributed by atoms with van der Waals surface area (Å²) in [5.41, 5.74) is 0.269. The van der Waals surface area contributed by atoms with Crippen LogP contribution in [0.4, 0.5) is 18.9 Å². The molecule has 7 heteroatoms. The molecule has 1 heterocycles. The molecular weight excluding hydrogens is 393 g/mol. The van der Waals surface area contributed by atoms with Gasteiger partial charge in [-0.1, -0.05) is 26.8 Å². The van der Waals surface area contributed by atoms with Gasteiger partial charge in [-0.15, -0.1) is 0 Å². The van der Waals surface area contributed by atoms with Crippen molar-refractivity contribution in [2.45, 2.75) is 58.4 Å². The Morgan fingerprint density at radius 2 is 1.87 bits per heavy atom. The molecule has 2 aliphatic rings. The van der Waals surface area contributed by atoms with E-state index in [4.69, 9.17) is 4.74 Å². The van der Waals surface area contributed by atoms with Crippen LogP contribution in [0.5, 0.6) is 0 Å². The van der Waals surface area contributed by atoms with E-state index in [-0.39, 0.29) is 11.5 Å². The second-order valence-electron chi connectivity index (χ2n) is 9.86. The maximum atomic E-state index is 12.9. The Morgan fingerprint density at radius 3 is 2.50 bits per heavy atom. The van der Waals surface area contributed by atoms with Crippen molar-refractivity contribution in [3.8, 4) is 0 Å². The van der Waals surface area contributed by atoms with E-state index < -0.39 is 17.8 Å². The summed E-state index contributed by atoms with van der Waals surface area (Å²) in [5.74, 6) is 0.639. The van der Waals surface area contributed by atoms with E-state index >= 15 is 0 Å². The number of aliphatic hydroxyl groups excluding tert-OH is 1. The van der Waals surface area contributed by atoms with Crippen LogP contribution in [0.2, 0.25) is 0 Å². The first-order valence-electron chi connectivity index (χ1n) is 11.0. The fraction of sp³-hybridized carbons (Fsp3) is 0.739. The van der Waals surface area contributed by atoms with Gasteiger partial charge in [-0.2, -0.15) is 13.2 Å². The largest absolute Gasteiger partial charge is 0.416 e. The van der Waals surface area contributed by atoms with Crippen molar-refractivity contribution in [1.82, 2.24) is 4.90 Å². The number of halogens is 3. The summed E-state index contributed by atoms with van der Waals surface area (Å²) in [6.07, 6.45) is -1.38. The average Bonchev–Trinajstić information content (AvgIpc) is 2.65. The first kappa shape index (κ1) is 23.4. The van der Waals surface area contributed by atoms with Crippen LogP contribution < -0.4 is 4.90 Å². The third-order valence-electron chi connectivity index (χ3n) is 6.25. The number of ether oxygens (including phenoxy) is 1. The van der Waals surface area contributed by atoms with E-state index in [9.17, 15) is 18.3 Å². The normalized spacial score (nSPS) is 26.6. The summed E-state index contributed by atoms with van der Waals surface area (Å²) in [6, 6.07) is 5.49. The van der Waals surface area contributed by atoms with Gasteiger partial charge in [-0.05, 0) is 48.8 Å². The molecule has 1 N–H and O–H groups in total. The second kappa shape index (κ2) is 9.45. The molecule has 0 unspecified atom stereocenters. The first-order valence-corrected chi connectivity index (χ1v) is 11.0. The number of anilines is 1. The minimum absolute atomic E-state index is 0.205. The smallest absolute Gasteiger partial charge is 0.389 e. The van der Waals surface area contributed by atoms with Crippen LogP contribution in [0.15, 0.2) is 24.3 Å². The molecule has 2 fully saturated rings. The van der Waals surface area contributed by atoms with E-state index in [0.717, 1.165) is 18.9 Å². The fourth-order valence-corrected chi connectivity index (χ4v) is 5.05. The highest BCUT2D eigenvalue weighted by Gasteiger charge is 2.33. The number of rotatable bonds is 6. The number of nitrogens with zero attached hydrogens (tertiary/aromatic N) is 2. The predicted octanol–water partition coefficient (Wildman–Crippen LogP) is 4.42. The van der Waals surface area contributed by atoms with Crippen LogP contribution in [0.3, 0.4) is 0 Å². The molecule has 1 aromatic rings.